The summed E-state index contributed by atoms with van der Waals surface area (Å²) in [7, 11) is 3.16. The van der Waals surface area contributed by atoms with Crippen LogP contribution < -0.4 is 0 Å². The Labute approximate surface area is 52.3 Å². The Hall–Kier alpha value is 0.237. The Morgan fingerprint density at radius 1 is 1.71 bits per heavy atom. The van der Waals surface area contributed by atoms with Crippen LogP contribution in [0.5, 0.6) is 0 Å². The van der Waals surface area contributed by atoms with Crippen molar-refractivity contribution in [2.75, 3.05) is 0 Å². The Bertz CT molecular complexity index is 84.2. The summed E-state index contributed by atoms with van der Waals surface area (Å²) in [5.74, 6) is 0. The van der Waals surface area contributed by atoms with Gasteiger partial charge in [-0.25, -0.2) is 0 Å². The molecular weight excluding hydrogens is 124 g/mol. The monoisotopic (exact) mass is 131 g/mol. The molecule has 0 aromatic rings. The molecule has 0 aliphatic heterocycles. The van der Waals surface area contributed by atoms with Crippen molar-refractivity contribution in [2.24, 2.45) is 0 Å². The van der Waals surface area contributed by atoms with E-state index in [9.17, 15) is 4.79 Å². The van der Waals surface area contributed by atoms with E-state index in [-0.39, 0.29) is 5.12 Å². The lowest BCUT2D eigenvalue weighted by Gasteiger charge is -2.09. The van der Waals surface area contributed by atoms with E-state index in [1.165, 1.54) is 0 Å². The van der Waals surface area contributed by atoms with Gasteiger partial charge in [-0.3, -0.25) is 4.79 Å². The molecule has 0 heterocycles. The summed E-state index contributed by atoms with van der Waals surface area (Å²) in [6.07, 6.45) is 0. The molecule has 3 radical (unpaired) electrons. The third-order valence-corrected chi connectivity index (χ3v) is 1.53. The van der Waals surface area contributed by atoms with Crippen LogP contribution in [0.15, 0.2) is 0 Å². The lowest BCUT2D eigenvalue weighted by molar-refractivity contribution is -0.112. The topological polar surface area (TPSA) is 17.1 Å². The lowest BCUT2D eigenvalue weighted by atomic mass is 10.2. The van der Waals surface area contributed by atoms with Crippen molar-refractivity contribution in [3.8, 4) is 0 Å². The maximum atomic E-state index is 10.3. The molecule has 3 heteroatoms. The first kappa shape index (κ1) is 7.24. The predicted molar refractivity (Wildman–Crippen MR) is 33.8 cm³/mol. The van der Waals surface area contributed by atoms with Crippen molar-refractivity contribution < 1.29 is 4.79 Å². The van der Waals surface area contributed by atoms with E-state index in [0.29, 0.717) is 0 Å². The average Bonchev–Trinajstić information content (AvgIpc) is 1.31. The summed E-state index contributed by atoms with van der Waals surface area (Å²) in [5.41, 5.74) is 0. The summed E-state index contributed by atoms with van der Waals surface area (Å²) in [6, 6.07) is 0. The molecule has 0 aromatic heterocycles. The first-order chi connectivity index (χ1) is 2.94. The molecule has 0 aromatic carbocycles. The van der Waals surface area contributed by atoms with Crippen molar-refractivity contribution in [3.05, 3.63) is 0 Å². The number of carbonyl (C=O) groups excluding carboxylic acids is 1. The molecular formula is C4H7OSSi. The molecule has 0 fully saturated rings. The Morgan fingerprint density at radius 2 is 1.86 bits per heavy atom. The number of thiol groups is 1. The summed E-state index contributed by atoms with van der Waals surface area (Å²) in [6.45, 7) is 3.50. The largest absolute Gasteiger partial charge is 0.287 e. The van der Waals surface area contributed by atoms with E-state index >= 15 is 0 Å². The molecule has 0 rings (SSSR count). The Balaban J connectivity index is 3.79. The summed E-state index contributed by atoms with van der Waals surface area (Å²) in [5, 5.41) is -0.618. The molecule has 7 heavy (non-hydrogen) atoms. The highest BCUT2D eigenvalue weighted by atomic mass is 32.1. The lowest BCUT2D eigenvalue weighted by Crippen LogP contribution is -2.10. The van der Waals surface area contributed by atoms with Crippen LogP contribution in [0, 0.1) is 0 Å². The van der Waals surface area contributed by atoms with Gasteiger partial charge in [-0.1, -0.05) is 13.8 Å². The first-order valence-electron chi connectivity index (χ1n) is 1.93. The van der Waals surface area contributed by atoms with E-state index in [1.807, 2.05) is 0 Å². The fourth-order valence-corrected chi connectivity index (χ4v) is 0. The zero-order valence-corrected chi connectivity index (χ0v) is 6.25. The standard InChI is InChI=1S/C4H7OSSi/c1-4(2,7)3(5)6/h1-2H3,(H,5,6). The molecule has 0 N–H and O–H groups in total. The normalized spacial score (nSPS) is 11.4. The average molecular weight is 131 g/mol. The van der Waals surface area contributed by atoms with Crippen LogP contribution >= 0.6 is 12.6 Å². The van der Waals surface area contributed by atoms with E-state index in [0.717, 1.165) is 0 Å². The van der Waals surface area contributed by atoms with Crippen LogP contribution in [-0.2, 0) is 4.79 Å². The second kappa shape index (κ2) is 2.00. The van der Waals surface area contributed by atoms with E-state index in [1.54, 1.807) is 13.8 Å². The van der Waals surface area contributed by atoms with E-state index in [2.05, 4.69) is 22.9 Å². The van der Waals surface area contributed by atoms with Crippen molar-refractivity contribution in [1.29, 1.82) is 0 Å². The van der Waals surface area contributed by atoms with Gasteiger partial charge < -0.3 is 0 Å². The predicted octanol–water partition coefficient (Wildman–Crippen LogP) is 0.810. The van der Waals surface area contributed by atoms with Crippen molar-refractivity contribution in [1.82, 2.24) is 0 Å². The van der Waals surface area contributed by atoms with Gasteiger partial charge in [-0.05, 0) is 0 Å². The van der Waals surface area contributed by atoms with Gasteiger partial charge in [-0.2, -0.15) is 0 Å². The zero-order valence-electron chi connectivity index (χ0n) is 4.36. The molecule has 1 nitrogen and oxygen atoms in total. The minimum absolute atomic E-state index is 0.149. The van der Waals surface area contributed by atoms with Gasteiger partial charge in [0.05, 0.1) is 0 Å². The van der Waals surface area contributed by atoms with Gasteiger partial charge >= 0.3 is 0 Å². The first-order valence-corrected chi connectivity index (χ1v) is 2.87. The molecule has 39 valence electrons. The Morgan fingerprint density at radius 3 is 1.86 bits per heavy atom. The third kappa shape index (κ3) is 2.88. The van der Waals surface area contributed by atoms with Crippen LogP contribution in [0.2, 0.25) is 5.04 Å². The molecule has 0 unspecified atom stereocenters. The molecule has 0 aliphatic rings. The second-order valence-corrected chi connectivity index (χ2v) is 3.59. The third-order valence-electron chi connectivity index (χ3n) is 0.535. The molecule has 0 amide bonds. The van der Waals surface area contributed by atoms with Gasteiger partial charge in [0, 0.05) is 15.3 Å². The minimum Gasteiger partial charge on any atom is -0.287 e. The highest BCUT2D eigenvalue weighted by Crippen LogP contribution is 2.20. The highest BCUT2D eigenvalue weighted by molar-refractivity contribution is 7.97. The molecule has 0 aliphatic carbocycles. The molecule has 0 spiro atoms. The van der Waals surface area contributed by atoms with Crippen molar-refractivity contribution >= 4 is 28.0 Å². The van der Waals surface area contributed by atoms with Gasteiger partial charge in [0.2, 0.25) is 0 Å². The smallest absolute Gasteiger partial charge is 0.187 e. The number of hydrogen-bond acceptors (Lipinski definition) is 1. The van der Waals surface area contributed by atoms with Crippen molar-refractivity contribution in [2.45, 2.75) is 18.9 Å². The van der Waals surface area contributed by atoms with Crippen molar-refractivity contribution in [3.63, 3.8) is 0 Å². The second-order valence-electron chi connectivity index (χ2n) is 1.93. The van der Waals surface area contributed by atoms with Crippen LogP contribution in [0.1, 0.15) is 13.8 Å². The zero-order chi connectivity index (χ0) is 6.08. The molecule has 0 bridgehead atoms. The maximum absolute atomic E-state index is 10.3. The summed E-state index contributed by atoms with van der Waals surface area (Å²) in [4.78, 5) is 10.3. The molecule has 0 saturated heterocycles. The molecule has 0 atom stereocenters. The fourth-order valence-electron chi connectivity index (χ4n) is 0. The Kier molecular flexibility index (Phi) is 2.07. The van der Waals surface area contributed by atoms with Crippen LogP contribution in [0.25, 0.3) is 0 Å². The van der Waals surface area contributed by atoms with Gasteiger partial charge in [0.15, 0.2) is 5.12 Å². The number of rotatable bonds is 1. The quantitative estimate of drug-likeness (QED) is 0.411. The van der Waals surface area contributed by atoms with Crippen LogP contribution in [0.4, 0.5) is 0 Å². The summed E-state index contributed by atoms with van der Waals surface area (Å²) >= 11 is 3.59. The molecule has 0 saturated carbocycles. The van der Waals surface area contributed by atoms with Crippen LogP contribution in [-0.4, -0.2) is 15.4 Å². The number of carbonyl (C=O) groups is 1. The highest BCUT2D eigenvalue weighted by Gasteiger charge is 2.16. The van der Waals surface area contributed by atoms with Gasteiger partial charge in [-0.15, -0.1) is 12.6 Å². The van der Waals surface area contributed by atoms with E-state index in [4.69, 9.17) is 0 Å². The van der Waals surface area contributed by atoms with Gasteiger partial charge in [0.25, 0.3) is 0 Å². The van der Waals surface area contributed by atoms with Gasteiger partial charge in [0.1, 0.15) is 0 Å². The van der Waals surface area contributed by atoms with Crippen LogP contribution in [0.3, 0.4) is 0 Å². The minimum atomic E-state index is -0.469. The summed E-state index contributed by atoms with van der Waals surface area (Å²) < 4.78 is 0. The fraction of sp³-hybridized carbons (Fsp3) is 0.750. The number of hydrogen-bond donors (Lipinski definition) is 1. The SMILES string of the molecule is CC(C)([Si])C(=O)S. The van der Waals surface area contributed by atoms with E-state index < -0.39 is 5.04 Å². The maximum Gasteiger partial charge on any atom is 0.187 e.